The van der Waals surface area contributed by atoms with E-state index < -0.39 is 0 Å². The van der Waals surface area contributed by atoms with Crippen LogP contribution in [0.25, 0.3) is 0 Å². The zero-order valence-electron chi connectivity index (χ0n) is 10.8. The fraction of sp³-hybridized carbons (Fsp3) is 0.385. The van der Waals surface area contributed by atoms with E-state index in [1.165, 1.54) is 18.3 Å². The predicted molar refractivity (Wildman–Crippen MR) is 71.6 cm³/mol. The predicted octanol–water partition coefficient (Wildman–Crippen LogP) is 2.51. The second-order valence-corrected chi connectivity index (χ2v) is 5.22. The van der Waals surface area contributed by atoms with E-state index in [2.05, 4.69) is 5.32 Å². The van der Waals surface area contributed by atoms with E-state index in [-0.39, 0.29) is 11.9 Å². The van der Waals surface area contributed by atoms with Crippen molar-refractivity contribution in [1.29, 1.82) is 0 Å². The van der Waals surface area contributed by atoms with Gasteiger partial charge in [-0.2, -0.15) is 0 Å². The normalized spacial score (nSPS) is 9.72. The largest absolute Gasteiger partial charge is 0.457 e. The molecule has 0 aromatic carbocycles. The van der Waals surface area contributed by atoms with Crippen LogP contribution in [0.5, 0.6) is 0 Å². The Labute approximate surface area is 111 Å². The van der Waals surface area contributed by atoms with Gasteiger partial charge in [0.15, 0.2) is 0 Å². The maximum absolute atomic E-state index is 11.6. The second kappa shape index (κ2) is 6.96. The topological polar surface area (TPSA) is 55.4 Å². The molecule has 1 aromatic rings. The molecule has 0 aliphatic rings. The Bertz CT molecular complexity index is 459. The van der Waals surface area contributed by atoms with Crippen molar-refractivity contribution in [3.8, 4) is 0 Å². The molecule has 98 valence electrons. The van der Waals surface area contributed by atoms with E-state index in [0.717, 1.165) is 10.5 Å². The van der Waals surface area contributed by atoms with Crippen molar-refractivity contribution in [3.05, 3.63) is 33.5 Å². The van der Waals surface area contributed by atoms with Crippen molar-refractivity contribution in [2.24, 2.45) is 0 Å². The summed E-state index contributed by atoms with van der Waals surface area (Å²) >= 11 is 1.33. The molecule has 1 rings (SSSR count). The minimum absolute atomic E-state index is 0.0870. The highest BCUT2D eigenvalue weighted by molar-refractivity contribution is 7.13. The Morgan fingerprint density at radius 2 is 2.06 bits per heavy atom. The maximum Gasteiger partial charge on any atom is 0.348 e. The minimum atomic E-state index is -0.327. The third-order valence-electron chi connectivity index (χ3n) is 2.08. The van der Waals surface area contributed by atoms with E-state index in [4.69, 9.17) is 4.74 Å². The third kappa shape index (κ3) is 5.14. The number of carbonyl (C=O) groups excluding carboxylic acids is 2. The summed E-state index contributed by atoms with van der Waals surface area (Å²) in [6.45, 7) is 6.10. The number of thiophene rings is 1. The molecule has 4 nitrogen and oxygen atoms in total. The molecule has 5 heteroatoms. The summed E-state index contributed by atoms with van der Waals surface area (Å²) in [5.74, 6) is -0.414. The van der Waals surface area contributed by atoms with Gasteiger partial charge in [0.05, 0.1) is 6.54 Å². The highest BCUT2D eigenvalue weighted by Gasteiger charge is 2.10. The minimum Gasteiger partial charge on any atom is -0.457 e. The zero-order chi connectivity index (χ0) is 13.5. The van der Waals surface area contributed by atoms with Crippen LogP contribution in [0.2, 0.25) is 0 Å². The first-order valence-electron chi connectivity index (χ1n) is 5.62. The molecule has 1 aromatic heterocycles. The molecule has 0 bridgehead atoms. The quantitative estimate of drug-likeness (QED) is 0.658. The summed E-state index contributed by atoms with van der Waals surface area (Å²) in [4.78, 5) is 23.9. The van der Waals surface area contributed by atoms with Crippen LogP contribution in [-0.4, -0.2) is 18.5 Å². The van der Waals surface area contributed by atoms with Crippen LogP contribution in [-0.2, 0) is 16.1 Å². The molecule has 0 saturated heterocycles. The van der Waals surface area contributed by atoms with Crippen LogP contribution in [0, 0.1) is 0 Å². The monoisotopic (exact) mass is 267 g/mol. The molecule has 18 heavy (non-hydrogen) atoms. The van der Waals surface area contributed by atoms with Gasteiger partial charge in [-0.05, 0) is 32.1 Å². The van der Waals surface area contributed by atoms with Crippen LogP contribution in [0.4, 0.5) is 0 Å². The van der Waals surface area contributed by atoms with Gasteiger partial charge in [0, 0.05) is 11.8 Å². The van der Waals surface area contributed by atoms with Gasteiger partial charge < -0.3 is 10.1 Å². The van der Waals surface area contributed by atoms with Gasteiger partial charge >= 0.3 is 5.97 Å². The Morgan fingerprint density at radius 3 is 2.67 bits per heavy atom. The molecule has 0 aliphatic heterocycles. The summed E-state index contributed by atoms with van der Waals surface area (Å²) in [6.07, 6.45) is 1.85. The number of hydrogen-bond acceptors (Lipinski definition) is 4. The fourth-order valence-electron chi connectivity index (χ4n) is 1.15. The van der Waals surface area contributed by atoms with Crippen molar-refractivity contribution in [2.75, 3.05) is 6.61 Å². The van der Waals surface area contributed by atoms with Crippen molar-refractivity contribution < 1.29 is 14.3 Å². The highest BCUT2D eigenvalue weighted by Crippen LogP contribution is 2.17. The van der Waals surface area contributed by atoms with E-state index in [1.54, 1.807) is 6.07 Å². The van der Waals surface area contributed by atoms with Crippen LogP contribution in [0.3, 0.4) is 0 Å². The number of allylic oxidation sites excluding steroid dienone is 1. The van der Waals surface area contributed by atoms with Gasteiger partial charge in [-0.3, -0.25) is 4.79 Å². The number of amides is 1. The molecule has 1 amide bonds. The van der Waals surface area contributed by atoms with Crippen molar-refractivity contribution >= 4 is 23.2 Å². The molecule has 0 fully saturated rings. The molecule has 0 unspecified atom stereocenters. The van der Waals surface area contributed by atoms with Crippen molar-refractivity contribution in [1.82, 2.24) is 5.32 Å². The first-order valence-corrected chi connectivity index (χ1v) is 6.44. The van der Waals surface area contributed by atoms with Crippen LogP contribution in [0.1, 0.15) is 35.3 Å². The standard InChI is InChI=1S/C13H17NO3S/c1-9(2)6-7-17-13(16)12-5-4-11(18-12)8-14-10(3)15/h4-6H,7-8H2,1-3H3,(H,14,15). The van der Waals surface area contributed by atoms with Crippen molar-refractivity contribution in [2.45, 2.75) is 27.3 Å². The molecule has 0 saturated carbocycles. The summed E-state index contributed by atoms with van der Waals surface area (Å²) in [7, 11) is 0. The molecular weight excluding hydrogens is 250 g/mol. The molecular formula is C13H17NO3S. The summed E-state index contributed by atoms with van der Waals surface area (Å²) < 4.78 is 5.09. The number of carbonyl (C=O) groups is 2. The van der Waals surface area contributed by atoms with Gasteiger partial charge in [0.2, 0.25) is 5.91 Å². The first kappa shape index (κ1) is 14.4. The summed E-state index contributed by atoms with van der Waals surface area (Å²) in [5, 5.41) is 2.68. The summed E-state index contributed by atoms with van der Waals surface area (Å²) in [5.41, 5.74) is 1.11. The van der Waals surface area contributed by atoms with E-state index in [9.17, 15) is 9.59 Å². The number of esters is 1. The fourth-order valence-corrected chi connectivity index (χ4v) is 1.99. The van der Waals surface area contributed by atoms with Gasteiger partial charge in [-0.25, -0.2) is 4.79 Å². The maximum atomic E-state index is 11.6. The molecule has 1 heterocycles. The Kier molecular flexibility index (Phi) is 5.58. The lowest BCUT2D eigenvalue weighted by molar-refractivity contribution is -0.119. The SMILES string of the molecule is CC(=O)NCc1ccc(C(=O)OCC=C(C)C)s1. The number of rotatable bonds is 5. The average Bonchev–Trinajstić information content (AvgIpc) is 2.74. The molecule has 0 aliphatic carbocycles. The number of nitrogens with one attached hydrogen (secondary N) is 1. The third-order valence-corrected chi connectivity index (χ3v) is 3.15. The Hall–Kier alpha value is -1.62. The lowest BCUT2D eigenvalue weighted by atomic mass is 10.3. The van der Waals surface area contributed by atoms with E-state index >= 15 is 0 Å². The van der Waals surface area contributed by atoms with Crippen molar-refractivity contribution in [3.63, 3.8) is 0 Å². The summed E-state index contributed by atoms with van der Waals surface area (Å²) in [6, 6.07) is 3.53. The second-order valence-electron chi connectivity index (χ2n) is 4.06. The first-order chi connectivity index (χ1) is 8.49. The van der Waals surface area contributed by atoms with Gasteiger partial charge in [-0.15, -0.1) is 11.3 Å². The average molecular weight is 267 g/mol. The molecule has 1 N–H and O–H groups in total. The lowest BCUT2D eigenvalue weighted by Crippen LogP contribution is -2.18. The Balaban J connectivity index is 2.49. The van der Waals surface area contributed by atoms with E-state index in [1.807, 2.05) is 26.0 Å². The van der Waals surface area contributed by atoms with Crippen LogP contribution in [0.15, 0.2) is 23.8 Å². The van der Waals surface area contributed by atoms with Crippen LogP contribution >= 0.6 is 11.3 Å². The Morgan fingerprint density at radius 1 is 1.33 bits per heavy atom. The number of hydrogen-bond donors (Lipinski definition) is 1. The smallest absolute Gasteiger partial charge is 0.348 e. The highest BCUT2D eigenvalue weighted by atomic mass is 32.1. The van der Waals surface area contributed by atoms with Crippen LogP contribution < -0.4 is 5.32 Å². The van der Waals surface area contributed by atoms with Gasteiger partial charge in [-0.1, -0.05) is 5.57 Å². The zero-order valence-corrected chi connectivity index (χ0v) is 11.6. The molecule has 0 radical (unpaired) electrons. The molecule has 0 spiro atoms. The van der Waals surface area contributed by atoms with E-state index in [0.29, 0.717) is 18.0 Å². The lowest BCUT2D eigenvalue weighted by Gasteiger charge is -2.00. The number of ether oxygens (including phenoxy) is 1. The molecule has 0 atom stereocenters. The van der Waals surface area contributed by atoms with Gasteiger partial charge in [0.25, 0.3) is 0 Å². The van der Waals surface area contributed by atoms with Gasteiger partial charge in [0.1, 0.15) is 11.5 Å².